The maximum absolute atomic E-state index is 12.2. The summed E-state index contributed by atoms with van der Waals surface area (Å²) in [5.41, 5.74) is 17.1. The number of hydrogen-bond donors (Lipinski definition) is 2. The molecule has 3 heterocycles. The van der Waals surface area contributed by atoms with Crippen molar-refractivity contribution in [1.82, 2.24) is 14.5 Å². The number of esters is 1. The quantitative estimate of drug-likeness (QED) is 0.259. The van der Waals surface area contributed by atoms with Crippen LogP contribution in [0.3, 0.4) is 0 Å². The highest BCUT2D eigenvalue weighted by atomic mass is 35.5. The summed E-state index contributed by atoms with van der Waals surface area (Å²) >= 11 is 6.82. The topological polar surface area (TPSA) is 129 Å². The number of aromatic nitrogens is 3. The lowest BCUT2D eigenvalue weighted by molar-refractivity contribution is -0.142. The van der Waals surface area contributed by atoms with Gasteiger partial charge in [-0.05, 0) is 43.9 Å². The Bertz CT molecular complexity index is 1590. The average Bonchev–Trinajstić information content (AvgIpc) is 3.44. The van der Waals surface area contributed by atoms with E-state index in [9.17, 15) is 9.59 Å². The fourth-order valence-corrected chi connectivity index (χ4v) is 5.87. The van der Waals surface area contributed by atoms with Crippen molar-refractivity contribution in [3.05, 3.63) is 84.0 Å². The van der Waals surface area contributed by atoms with Crippen molar-refractivity contribution in [2.45, 2.75) is 31.8 Å². The number of ether oxygens (including phenoxy) is 1. The maximum Gasteiger partial charge on any atom is 0.412 e. The van der Waals surface area contributed by atoms with E-state index in [1.165, 1.54) is 0 Å². The number of carbonyl (C=O) groups excluding carboxylic acids is 2. The Hall–Kier alpha value is -4.21. The molecule has 1 aliphatic carbocycles. The number of allylic oxidation sites excluding steroid dienone is 1. The van der Waals surface area contributed by atoms with E-state index in [1.807, 2.05) is 70.3 Å². The Kier molecular flexibility index (Phi) is 6.54. The second-order valence-electron chi connectivity index (χ2n) is 9.94. The maximum atomic E-state index is 12.2. The predicted octanol–water partition coefficient (Wildman–Crippen LogP) is 5.46. The van der Waals surface area contributed by atoms with Crippen LogP contribution in [0.15, 0.2) is 73.3 Å². The van der Waals surface area contributed by atoms with Crippen LogP contribution in [0.2, 0.25) is 5.02 Å². The van der Waals surface area contributed by atoms with Gasteiger partial charge in [0, 0.05) is 28.8 Å². The third kappa shape index (κ3) is 4.75. The number of carbonyl (C=O) groups is 2. The molecule has 6 rings (SSSR count). The van der Waals surface area contributed by atoms with E-state index in [1.54, 1.807) is 12.5 Å². The highest BCUT2D eigenvalue weighted by Gasteiger charge is 2.35. The minimum absolute atomic E-state index is 0.146. The zero-order valence-corrected chi connectivity index (χ0v) is 21.8. The number of primary amides is 1. The Balaban J connectivity index is 1.34. The molecule has 4 aromatic rings. The molecule has 4 N–H and O–H groups in total. The van der Waals surface area contributed by atoms with E-state index in [0.717, 1.165) is 52.1 Å². The number of pyridine rings is 1. The van der Waals surface area contributed by atoms with E-state index >= 15 is 0 Å². The van der Waals surface area contributed by atoms with Crippen molar-refractivity contribution in [1.29, 1.82) is 0 Å². The van der Waals surface area contributed by atoms with Crippen molar-refractivity contribution < 1.29 is 14.3 Å². The van der Waals surface area contributed by atoms with Crippen LogP contribution < -0.4 is 16.4 Å². The molecule has 1 amide bonds. The molecule has 39 heavy (non-hydrogen) atoms. The van der Waals surface area contributed by atoms with Gasteiger partial charge in [-0.3, -0.25) is 4.79 Å². The molecule has 1 atom stereocenters. The molecule has 0 radical (unpaired) electrons. The molecule has 2 aromatic heterocycles. The summed E-state index contributed by atoms with van der Waals surface area (Å²) < 4.78 is 6.64. The Labute approximate surface area is 230 Å². The number of benzene rings is 2. The number of imidazole rings is 1. The number of hydrogen-bond acceptors (Lipinski definition) is 7. The number of fused-ring (bicyclic) bond motifs is 2. The van der Waals surface area contributed by atoms with Crippen LogP contribution in [0.1, 0.15) is 37.5 Å². The van der Waals surface area contributed by atoms with Crippen LogP contribution in [0.4, 0.5) is 10.5 Å². The summed E-state index contributed by atoms with van der Waals surface area (Å²) in [5, 5.41) is 1.50. The fourth-order valence-electron chi connectivity index (χ4n) is 5.60. The van der Waals surface area contributed by atoms with Crippen LogP contribution in [0.5, 0.6) is 0 Å². The summed E-state index contributed by atoms with van der Waals surface area (Å²) in [6, 6.07) is 17.9. The second kappa shape index (κ2) is 10.2. The fraction of sp³-hybridized carbons (Fsp3) is 0.241. The number of nitrogens with two attached hydrogens (primary N) is 2. The predicted molar refractivity (Wildman–Crippen MR) is 149 cm³/mol. The van der Waals surface area contributed by atoms with Gasteiger partial charge in [-0.2, -0.15) is 0 Å². The molecule has 0 saturated heterocycles. The van der Waals surface area contributed by atoms with Gasteiger partial charge in [0.25, 0.3) is 0 Å². The zero-order chi connectivity index (χ0) is 27.1. The first kappa shape index (κ1) is 25.1. The van der Waals surface area contributed by atoms with Gasteiger partial charge in [-0.1, -0.05) is 48.0 Å². The van der Waals surface area contributed by atoms with Crippen molar-refractivity contribution in [3.63, 3.8) is 0 Å². The number of halogens is 1. The van der Waals surface area contributed by atoms with Gasteiger partial charge in [0.05, 0.1) is 46.1 Å². The molecule has 1 aliphatic heterocycles. The van der Waals surface area contributed by atoms with E-state index in [0.29, 0.717) is 17.9 Å². The normalized spacial score (nSPS) is 20.8. The Morgan fingerprint density at radius 2 is 1.79 bits per heavy atom. The van der Waals surface area contributed by atoms with Crippen molar-refractivity contribution in [2.24, 2.45) is 23.3 Å². The largest absolute Gasteiger partial charge is 0.412 e. The molecule has 0 spiro atoms. The molecule has 9 nitrogen and oxygen atoms in total. The van der Waals surface area contributed by atoms with Gasteiger partial charge >= 0.3 is 12.1 Å². The van der Waals surface area contributed by atoms with Crippen molar-refractivity contribution >= 4 is 46.0 Å². The molecule has 10 heteroatoms. The van der Waals surface area contributed by atoms with Crippen LogP contribution in [-0.2, 0) is 9.53 Å². The van der Waals surface area contributed by atoms with Gasteiger partial charge in [0.1, 0.15) is 6.17 Å². The lowest BCUT2D eigenvalue weighted by Crippen LogP contribution is -2.37. The summed E-state index contributed by atoms with van der Waals surface area (Å²) in [4.78, 5) is 34.4. The molecule has 2 aliphatic rings. The summed E-state index contributed by atoms with van der Waals surface area (Å²) in [7, 11) is 0. The number of amides is 1. The number of rotatable bonds is 4. The minimum Gasteiger partial charge on any atom is -0.376 e. The molecular formula is C29H27ClN6O3. The minimum atomic E-state index is -1.07. The molecule has 0 bridgehead atoms. The lowest BCUT2D eigenvalue weighted by Gasteiger charge is -2.38. The molecular weight excluding hydrogens is 516 g/mol. The van der Waals surface area contributed by atoms with Crippen LogP contribution in [0, 0.1) is 11.8 Å². The molecule has 2 aromatic carbocycles. The smallest absolute Gasteiger partial charge is 0.376 e. The van der Waals surface area contributed by atoms with Gasteiger partial charge in [-0.25, -0.2) is 14.8 Å². The summed E-state index contributed by atoms with van der Waals surface area (Å²) in [5.74, 6) is -0.762. The summed E-state index contributed by atoms with van der Waals surface area (Å²) in [6.07, 6.45) is 6.63. The third-order valence-corrected chi connectivity index (χ3v) is 7.91. The first-order valence-corrected chi connectivity index (χ1v) is 13.2. The van der Waals surface area contributed by atoms with Gasteiger partial charge < -0.3 is 25.7 Å². The number of anilines is 1. The first-order chi connectivity index (χ1) is 18.9. The van der Waals surface area contributed by atoms with Gasteiger partial charge in [-0.15, -0.1) is 0 Å². The van der Waals surface area contributed by atoms with E-state index < -0.39 is 18.2 Å². The molecule has 198 valence electrons. The standard InChI is InChI=1S/C29H27ClN6O3/c30-21-12-20-10-11-22(17-4-2-1-3-5-17)34-23(20)13-24(21)35-15-26(36-16-33-14-25(36)27(35)31)18-6-8-19(9-7-18)28(37)39-29(32)38/h1-5,10-16,18-19,27H,6-9,31H2,(H2,32,38). The van der Waals surface area contributed by atoms with Crippen LogP contribution in [-0.4, -0.2) is 26.6 Å². The van der Waals surface area contributed by atoms with E-state index in [4.69, 9.17) is 28.1 Å². The number of nitrogens with zero attached hydrogens (tertiary/aromatic N) is 4. The molecule has 1 unspecified atom stereocenters. The van der Waals surface area contributed by atoms with E-state index in [-0.39, 0.29) is 11.8 Å². The summed E-state index contributed by atoms with van der Waals surface area (Å²) in [6.45, 7) is 0. The molecule has 1 fully saturated rings. The third-order valence-electron chi connectivity index (χ3n) is 7.60. The lowest BCUT2D eigenvalue weighted by atomic mass is 9.80. The zero-order valence-electron chi connectivity index (χ0n) is 21.0. The molecule has 1 saturated carbocycles. The first-order valence-electron chi connectivity index (χ1n) is 12.8. The van der Waals surface area contributed by atoms with Crippen LogP contribution >= 0.6 is 11.6 Å². The second-order valence-corrected chi connectivity index (χ2v) is 10.3. The van der Waals surface area contributed by atoms with Gasteiger partial charge in [0.15, 0.2) is 0 Å². The SMILES string of the molecule is NC(=O)OC(=O)C1CCC(C2=CN(c3cc4nc(-c5ccccc5)ccc4cc3Cl)C(N)c3cncn32)CC1. The average molecular weight is 543 g/mol. The van der Waals surface area contributed by atoms with Gasteiger partial charge in [0.2, 0.25) is 0 Å². The van der Waals surface area contributed by atoms with Crippen LogP contribution in [0.25, 0.3) is 27.9 Å². The highest BCUT2D eigenvalue weighted by molar-refractivity contribution is 6.34. The Morgan fingerprint density at radius 3 is 2.54 bits per heavy atom. The Morgan fingerprint density at radius 1 is 1.03 bits per heavy atom. The van der Waals surface area contributed by atoms with E-state index in [2.05, 4.69) is 9.72 Å². The van der Waals surface area contributed by atoms with Crippen molar-refractivity contribution in [2.75, 3.05) is 4.90 Å². The monoisotopic (exact) mass is 542 g/mol. The van der Waals surface area contributed by atoms with Crippen molar-refractivity contribution in [3.8, 4) is 11.3 Å². The highest BCUT2D eigenvalue weighted by Crippen LogP contribution is 2.42.